The van der Waals surface area contributed by atoms with E-state index in [0.717, 1.165) is 16.5 Å². The largest absolute Gasteiger partial charge is 0.507 e. The Morgan fingerprint density at radius 1 is 1.11 bits per heavy atom. The van der Waals surface area contributed by atoms with Crippen LogP contribution in [0.3, 0.4) is 0 Å². The molecule has 0 bridgehead atoms. The molecule has 1 saturated heterocycles. The number of aliphatic hydroxyl groups is 1. The van der Waals surface area contributed by atoms with E-state index < -0.39 is 23.5 Å². The van der Waals surface area contributed by atoms with E-state index in [1.54, 1.807) is 31.4 Å². The minimum absolute atomic E-state index is 0.0831. The molecular formula is C28H22ClFN2O4. The van der Waals surface area contributed by atoms with Gasteiger partial charge in [0.1, 0.15) is 17.3 Å². The van der Waals surface area contributed by atoms with Gasteiger partial charge in [0.25, 0.3) is 11.7 Å². The Morgan fingerprint density at radius 3 is 2.58 bits per heavy atom. The maximum absolute atomic E-state index is 13.5. The molecule has 1 atom stereocenters. The number of carbonyl (C=O) groups is 2. The summed E-state index contributed by atoms with van der Waals surface area (Å²) in [7, 11) is 1.59. The molecule has 0 spiro atoms. The molecule has 182 valence electrons. The highest BCUT2D eigenvalue weighted by molar-refractivity contribution is 6.47. The van der Waals surface area contributed by atoms with Crippen molar-refractivity contribution in [2.24, 2.45) is 0 Å². The average molecular weight is 505 g/mol. The molecule has 3 aromatic carbocycles. The third-order valence-electron chi connectivity index (χ3n) is 6.45. The third-order valence-corrected chi connectivity index (χ3v) is 6.80. The Morgan fingerprint density at radius 2 is 1.86 bits per heavy atom. The van der Waals surface area contributed by atoms with Crippen LogP contribution in [0, 0.1) is 5.82 Å². The average Bonchev–Trinajstić information content (AvgIpc) is 3.40. The van der Waals surface area contributed by atoms with Crippen molar-refractivity contribution in [3.63, 3.8) is 0 Å². The van der Waals surface area contributed by atoms with Crippen molar-refractivity contribution < 1.29 is 23.8 Å². The van der Waals surface area contributed by atoms with Gasteiger partial charge in [0.05, 0.1) is 18.7 Å². The van der Waals surface area contributed by atoms with Crippen molar-refractivity contribution >= 4 is 40.0 Å². The first-order chi connectivity index (χ1) is 17.4. The molecule has 1 fully saturated rings. The number of fused-ring (bicyclic) bond motifs is 1. The van der Waals surface area contributed by atoms with Gasteiger partial charge < -0.3 is 19.7 Å². The minimum atomic E-state index is -0.900. The molecule has 1 aliphatic heterocycles. The van der Waals surface area contributed by atoms with Crippen molar-refractivity contribution in [1.82, 2.24) is 9.88 Å². The SMILES string of the molecule is COc1ccc2[nH]cc(CCN3C(=O)C(=O)/C(=C(\O)c4ccc(F)cc4)C3c3ccccc3Cl)c2c1. The van der Waals surface area contributed by atoms with E-state index in [1.165, 1.54) is 29.2 Å². The van der Waals surface area contributed by atoms with Crippen LogP contribution < -0.4 is 4.74 Å². The Hall–Kier alpha value is -4.10. The van der Waals surface area contributed by atoms with Crippen LogP contribution in [0.15, 0.2) is 78.5 Å². The highest BCUT2D eigenvalue weighted by Crippen LogP contribution is 2.42. The Bertz CT molecular complexity index is 1510. The normalized spacial score (nSPS) is 17.2. The molecule has 8 heteroatoms. The molecule has 4 aromatic rings. The highest BCUT2D eigenvalue weighted by Gasteiger charge is 2.46. The summed E-state index contributed by atoms with van der Waals surface area (Å²) in [5.41, 5.74) is 2.53. The van der Waals surface area contributed by atoms with E-state index >= 15 is 0 Å². The second-order valence-corrected chi connectivity index (χ2v) is 8.90. The number of hydrogen-bond acceptors (Lipinski definition) is 4. The number of rotatable bonds is 6. The predicted octanol–water partition coefficient (Wildman–Crippen LogP) is 5.63. The maximum Gasteiger partial charge on any atom is 0.295 e. The summed E-state index contributed by atoms with van der Waals surface area (Å²) < 4.78 is 18.8. The number of benzene rings is 3. The van der Waals surface area contributed by atoms with Gasteiger partial charge in [0.2, 0.25) is 0 Å². The summed E-state index contributed by atoms with van der Waals surface area (Å²) in [6.07, 6.45) is 2.31. The fourth-order valence-electron chi connectivity index (χ4n) is 4.63. The van der Waals surface area contributed by atoms with Crippen molar-refractivity contribution in [1.29, 1.82) is 0 Å². The van der Waals surface area contributed by atoms with Crippen LogP contribution >= 0.6 is 11.6 Å². The maximum atomic E-state index is 13.5. The van der Waals surface area contributed by atoms with Crippen LogP contribution in [-0.4, -0.2) is 40.3 Å². The fraction of sp³-hybridized carbons (Fsp3) is 0.143. The molecule has 1 amide bonds. The van der Waals surface area contributed by atoms with Crippen LogP contribution in [0.4, 0.5) is 4.39 Å². The number of H-pyrrole nitrogens is 1. The first-order valence-corrected chi connectivity index (χ1v) is 11.7. The lowest BCUT2D eigenvalue weighted by Crippen LogP contribution is -2.31. The van der Waals surface area contributed by atoms with Gasteiger partial charge in [0.15, 0.2) is 0 Å². The second-order valence-electron chi connectivity index (χ2n) is 8.50. The smallest absolute Gasteiger partial charge is 0.295 e. The number of ether oxygens (including phenoxy) is 1. The zero-order chi connectivity index (χ0) is 25.4. The van der Waals surface area contributed by atoms with Gasteiger partial charge in [-0.15, -0.1) is 0 Å². The first-order valence-electron chi connectivity index (χ1n) is 11.3. The van der Waals surface area contributed by atoms with Gasteiger partial charge in [-0.25, -0.2) is 4.39 Å². The Balaban J connectivity index is 1.56. The molecule has 1 unspecified atom stereocenters. The Labute approximate surface area is 211 Å². The molecular weight excluding hydrogens is 483 g/mol. The van der Waals surface area contributed by atoms with Gasteiger partial charge in [-0.3, -0.25) is 9.59 Å². The number of methoxy groups -OCH3 is 1. The van der Waals surface area contributed by atoms with Crippen LogP contribution in [-0.2, 0) is 16.0 Å². The number of halogens is 2. The van der Waals surface area contributed by atoms with Crippen LogP contribution in [0.5, 0.6) is 5.75 Å². The summed E-state index contributed by atoms with van der Waals surface area (Å²) in [5.74, 6) is -1.70. The molecule has 2 N–H and O–H groups in total. The van der Waals surface area contributed by atoms with Gasteiger partial charge in [-0.05, 0) is 66.1 Å². The van der Waals surface area contributed by atoms with Crippen molar-refractivity contribution in [3.8, 4) is 5.75 Å². The summed E-state index contributed by atoms with van der Waals surface area (Å²) in [6, 6.07) is 16.8. The topological polar surface area (TPSA) is 82.6 Å². The molecule has 0 saturated carbocycles. The molecule has 2 heterocycles. The van der Waals surface area contributed by atoms with E-state index in [1.807, 2.05) is 24.4 Å². The number of hydrogen-bond donors (Lipinski definition) is 2. The lowest BCUT2D eigenvalue weighted by Gasteiger charge is -2.26. The van der Waals surface area contributed by atoms with E-state index in [2.05, 4.69) is 4.98 Å². The monoisotopic (exact) mass is 504 g/mol. The summed E-state index contributed by atoms with van der Waals surface area (Å²) in [6.45, 7) is 0.199. The molecule has 36 heavy (non-hydrogen) atoms. The quantitative estimate of drug-likeness (QED) is 0.202. The number of ketones is 1. The van der Waals surface area contributed by atoms with Gasteiger partial charge in [0, 0.05) is 34.2 Å². The number of amides is 1. The predicted molar refractivity (Wildman–Crippen MR) is 135 cm³/mol. The Kier molecular flexibility index (Phi) is 6.24. The molecule has 1 aliphatic rings. The highest BCUT2D eigenvalue weighted by atomic mass is 35.5. The first kappa shape index (κ1) is 23.6. The lowest BCUT2D eigenvalue weighted by molar-refractivity contribution is -0.139. The number of aliphatic hydroxyl groups excluding tert-OH is 1. The van der Waals surface area contributed by atoms with Gasteiger partial charge >= 0.3 is 0 Å². The van der Waals surface area contributed by atoms with E-state index in [9.17, 15) is 19.1 Å². The van der Waals surface area contributed by atoms with E-state index in [-0.39, 0.29) is 23.4 Å². The number of nitrogens with one attached hydrogen (secondary N) is 1. The lowest BCUT2D eigenvalue weighted by atomic mass is 9.95. The van der Waals surface area contributed by atoms with E-state index in [0.29, 0.717) is 22.8 Å². The second kappa shape index (κ2) is 9.51. The number of carbonyl (C=O) groups excluding carboxylic acids is 2. The van der Waals surface area contributed by atoms with Crippen molar-refractivity contribution in [2.45, 2.75) is 12.5 Å². The molecule has 6 nitrogen and oxygen atoms in total. The standard InChI is InChI=1S/C28H22ClFN2O4/c1-36-19-10-11-23-21(14-19)17(15-31-23)12-13-32-25(20-4-2-3-5-22(20)29)24(27(34)28(32)35)26(33)16-6-8-18(30)9-7-16/h2-11,14-15,25,31,33H,12-13H2,1H3/b26-24-. The molecule has 0 aliphatic carbocycles. The van der Waals surface area contributed by atoms with Crippen LogP contribution in [0.2, 0.25) is 5.02 Å². The fourth-order valence-corrected chi connectivity index (χ4v) is 4.87. The summed E-state index contributed by atoms with van der Waals surface area (Å²) in [4.78, 5) is 31.1. The molecule has 1 aromatic heterocycles. The van der Waals surface area contributed by atoms with Gasteiger partial charge in [-0.1, -0.05) is 29.8 Å². The molecule has 0 radical (unpaired) electrons. The summed E-state index contributed by atoms with van der Waals surface area (Å²) in [5, 5.41) is 12.4. The number of nitrogens with zero attached hydrogens (tertiary/aromatic N) is 1. The number of aromatic nitrogens is 1. The number of likely N-dealkylation sites (tertiary alicyclic amines) is 1. The van der Waals surface area contributed by atoms with Crippen LogP contribution in [0.1, 0.15) is 22.7 Å². The van der Waals surface area contributed by atoms with Crippen molar-refractivity contribution in [3.05, 3.63) is 106 Å². The van der Waals surface area contributed by atoms with E-state index in [4.69, 9.17) is 16.3 Å². The molecule has 5 rings (SSSR count). The number of aromatic amines is 1. The minimum Gasteiger partial charge on any atom is -0.507 e. The third kappa shape index (κ3) is 4.12. The number of Topliss-reactive ketones (excluding diaryl/α,β-unsaturated/α-hetero) is 1. The zero-order valence-corrected chi connectivity index (χ0v) is 20.1. The summed E-state index contributed by atoms with van der Waals surface area (Å²) >= 11 is 6.49. The van der Waals surface area contributed by atoms with Gasteiger partial charge in [-0.2, -0.15) is 0 Å². The zero-order valence-electron chi connectivity index (χ0n) is 19.3. The van der Waals surface area contributed by atoms with Crippen molar-refractivity contribution in [2.75, 3.05) is 13.7 Å². The van der Waals surface area contributed by atoms with Crippen LogP contribution in [0.25, 0.3) is 16.7 Å².